The molecule has 0 atom stereocenters. The first kappa shape index (κ1) is 14.2. The quantitative estimate of drug-likeness (QED) is 0.791. The highest BCUT2D eigenvalue weighted by molar-refractivity contribution is 5.48. The molecule has 2 rings (SSSR count). The molecule has 106 valence electrons. The molecule has 0 spiro atoms. The van der Waals surface area contributed by atoms with Crippen LogP contribution in [-0.2, 0) is 0 Å². The van der Waals surface area contributed by atoms with Crippen molar-refractivity contribution in [3.05, 3.63) is 42.0 Å². The Morgan fingerprint density at radius 3 is 2.65 bits per heavy atom. The minimum atomic E-state index is 0.413. The van der Waals surface area contributed by atoms with Crippen molar-refractivity contribution in [1.82, 2.24) is 15.0 Å². The summed E-state index contributed by atoms with van der Waals surface area (Å²) in [6.45, 7) is 7.86. The van der Waals surface area contributed by atoms with Gasteiger partial charge in [-0.1, -0.05) is 13.8 Å². The summed E-state index contributed by atoms with van der Waals surface area (Å²) in [6.07, 6.45) is 5.44. The predicted octanol–water partition coefficient (Wildman–Crippen LogP) is 2.83. The van der Waals surface area contributed by atoms with Crippen molar-refractivity contribution < 1.29 is 0 Å². The SMILES string of the molecule is Cc1cnccc1NCCNc1nccc(C(C)C)n1. The highest BCUT2D eigenvalue weighted by atomic mass is 15.1. The molecule has 2 N–H and O–H groups in total. The minimum absolute atomic E-state index is 0.413. The monoisotopic (exact) mass is 271 g/mol. The Labute approximate surface area is 119 Å². The van der Waals surface area contributed by atoms with Crippen LogP contribution in [0, 0.1) is 6.92 Å². The molecule has 0 aliphatic carbocycles. The van der Waals surface area contributed by atoms with Gasteiger partial charge in [-0.15, -0.1) is 0 Å². The van der Waals surface area contributed by atoms with Gasteiger partial charge in [-0.3, -0.25) is 4.98 Å². The maximum Gasteiger partial charge on any atom is 0.222 e. The second-order valence-corrected chi connectivity index (χ2v) is 5.00. The molecule has 2 heterocycles. The Hall–Kier alpha value is -2.17. The van der Waals surface area contributed by atoms with Gasteiger partial charge in [0.15, 0.2) is 0 Å². The van der Waals surface area contributed by atoms with Crippen molar-refractivity contribution in [3.8, 4) is 0 Å². The zero-order valence-electron chi connectivity index (χ0n) is 12.2. The maximum absolute atomic E-state index is 4.47. The number of aromatic nitrogens is 3. The van der Waals surface area contributed by atoms with Gasteiger partial charge in [0.05, 0.1) is 0 Å². The first-order chi connectivity index (χ1) is 9.66. The normalized spacial score (nSPS) is 10.6. The number of nitrogens with one attached hydrogen (secondary N) is 2. The fraction of sp³-hybridized carbons (Fsp3) is 0.400. The van der Waals surface area contributed by atoms with Crippen LogP contribution in [0.15, 0.2) is 30.7 Å². The zero-order valence-corrected chi connectivity index (χ0v) is 12.2. The van der Waals surface area contributed by atoms with E-state index >= 15 is 0 Å². The van der Waals surface area contributed by atoms with E-state index in [1.807, 2.05) is 25.3 Å². The van der Waals surface area contributed by atoms with Crippen molar-refractivity contribution in [2.45, 2.75) is 26.7 Å². The molecular formula is C15H21N5. The van der Waals surface area contributed by atoms with E-state index in [1.165, 1.54) is 0 Å². The number of pyridine rings is 1. The van der Waals surface area contributed by atoms with Crippen LogP contribution in [0.4, 0.5) is 11.6 Å². The first-order valence-electron chi connectivity index (χ1n) is 6.88. The molecule has 0 aliphatic heterocycles. The molecule has 0 aromatic carbocycles. The van der Waals surface area contributed by atoms with Gasteiger partial charge in [-0.25, -0.2) is 9.97 Å². The molecule has 0 aliphatic rings. The van der Waals surface area contributed by atoms with E-state index in [9.17, 15) is 0 Å². The smallest absolute Gasteiger partial charge is 0.222 e. The summed E-state index contributed by atoms with van der Waals surface area (Å²) < 4.78 is 0. The molecule has 2 aromatic rings. The summed E-state index contributed by atoms with van der Waals surface area (Å²) in [5.41, 5.74) is 3.31. The highest BCUT2D eigenvalue weighted by Crippen LogP contribution is 2.12. The largest absolute Gasteiger partial charge is 0.383 e. The summed E-state index contributed by atoms with van der Waals surface area (Å²) in [5, 5.41) is 6.59. The Morgan fingerprint density at radius 2 is 1.90 bits per heavy atom. The Balaban J connectivity index is 1.82. The molecule has 5 nitrogen and oxygen atoms in total. The Bertz CT molecular complexity index is 553. The first-order valence-corrected chi connectivity index (χ1v) is 6.88. The lowest BCUT2D eigenvalue weighted by Crippen LogP contribution is -2.16. The third kappa shape index (κ3) is 3.91. The van der Waals surface area contributed by atoms with Crippen LogP contribution in [0.5, 0.6) is 0 Å². The molecule has 5 heteroatoms. The number of hydrogen-bond donors (Lipinski definition) is 2. The number of aryl methyl sites for hydroxylation is 1. The maximum atomic E-state index is 4.47. The van der Waals surface area contributed by atoms with Crippen LogP contribution in [0.25, 0.3) is 0 Å². The molecule has 0 amide bonds. The average molecular weight is 271 g/mol. The van der Waals surface area contributed by atoms with Gasteiger partial charge in [0.25, 0.3) is 0 Å². The summed E-state index contributed by atoms with van der Waals surface area (Å²) >= 11 is 0. The van der Waals surface area contributed by atoms with Gasteiger partial charge in [0.1, 0.15) is 0 Å². The lowest BCUT2D eigenvalue weighted by molar-refractivity contribution is 0.813. The zero-order chi connectivity index (χ0) is 14.4. The van der Waals surface area contributed by atoms with Crippen LogP contribution < -0.4 is 10.6 Å². The van der Waals surface area contributed by atoms with E-state index in [0.717, 1.165) is 30.0 Å². The summed E-state index contributed by atoms with van der Waals surface area (Å²) in [6, 6.07) is 3.93. The fourth-order valence-corrected chi connectivity index (χ4v) is 1.82. The molecule has 0 unspecified atom stereocenters. The van der Waals surface area contributed by atoms with Gasteiger partial charge in [-0.05, 0) is 30.5 Å². The molecule has 0 radical (unpaired) electrons. The molecule has 2 aromatic heterocycles. The Morgan fingerprint density at radius 1 is 1.10 bits per heavy atom. The van der Waals surface area contributed by atoms with E-state index in [0.29, 0.717) is 11.9 Å². The standard InChI is InChI=1S/C15H21N5/c1-11(2)13-5-7-18-15(20-13)19-9-8-17-14-4-6-16-10-12(14)3/h4-7,10-11H,8-9H2,1-3H3,(H,16,17)(H,18,19,20). The molecule has 0 saturated heterocycles. The van der Waals surface area contributed by atoms with E-state index in [1.54, 1.807) is 12.4 Å². The van der Waals surface area contributed by atoms with E-state index in [4.69, 9.17) is 0 Å². The topological polar surface area (TPSA) is 62.7 Å². The van der Waals surface area contributed by atoms with Crippen molar-refractivity contribution in [1.29, 1.82) is 0 Å². The van der Waals surface area contributed by atoms with Crippen LogP contribution in [-0.4, -0.2) is 28.0 Å². The van der Waals surface area contributed by atoms with Crippen LogP contribution in [0.2, 0.25) is 0 Å². The minimum Gasteiger partial charge on any atom is -0.383 e. The van der Waals surface area contributed by atoms with Crippen LogP contribution in [0.3, 0.4) is 0 Å². The molecule has 0 bridgehead atoms. The van der Waals surface area contributed by atoms with Crippen molar-refractivity contribution >= 4 is 11.6 Å². The van der Waals surface area contributed by atoms with Crippen LogP contribution in [0.1, 0.15) is 31.0 Å². The lowest BCUT2D eigenvalue weighted by Gasteiger charge is -2.10. The Kier molecular flexibility index (Phi) is 4.87. The van der Waals surface area contributed by atoms with Crippen molar-refractivity contribution in [2.75, 3.05) is 23.7 Å². The van der Waals surface area contributed by atoms with Crippen LogP contribution >= 0.6 is 0 Å². The number of nitrogens with zero attached hydrogens (tertiary/aromatic N) is 3. The summed E-state index contributed by atoms with van der Waals surface area (Å²) in [4.78, 5) is 12.8. The van der Waals surface area contributed by atoms with Crippen molar-refractivity contribution in [3.63, 3.8) is 0 Å². The summed E-state index contributed by atoms with van der Waals surface area (Å²) in [7, 11) is 0. The third-order valence-electron chi connectivity index (χ3n) is 3.01. The molecule has 0 fully saturated rings. The number of hydrogen-bond acceptors (Lipinski definition) is 5. The predicted molar refractivity (Wildman–Crippen MR) is 82.1 cm³/mol. The molecule has 20 heavy (non-hydrogen) atoms. The van der Waals surface area contributed by atoms with E-state index < -0.39 is 0 Å². The van der Waals surface area contributed by atoms with Gasteiger partial charge >= 0.3 is 0 Å². The van der Waals surface area contributed by atoms with Crippen molar-refractivity contribution in [2.24, 2.45) is 0 Å². The van der Waals surface area contributed by atoms with Gasteiger partial charge in [0, 0.05) is 43.1 Å². The third-order valence-corrected chi connectivity index (χ3v) is 3.01. The van der Waals surface area contributed by atoms with E-state index in [-0.39, 0.29) is 0 Å². The van der Waals surface area contributed by atoms with Gasteiger partial charge in [0.2, 0.25) is 5.95 Å². The number of rotatable bonds is 6. The second kappa shape index (κ2) is 6.84. The van der Waals surface area contributed by atoms with Gasteiger partial charge < -0.3 is 10.6 Å². The molecule has 0 saturated carbocycles. The average Bonchev–Trinajstić information content (AvgIpc) is 2.45. The van der Waals surface area contributed by atoms with E-state index in [2.05, 4.69) is 39.4 Å². The lowest BCUT2D eigenvalue weighted by atomic mass is 10.1. The molecular weight excluding hydrogens is 250 g/mol. The summed E-state index contributed by atoms with van der Waals surface area (Å²) in [5.74, 6) is 1.10. The second-order valence-electron chi connectivity index (χ2n) is 5.00. The van der Waals surface area contributed by atoms with Gasteiger partial charge in [-0.2, -0.15) is 0 Å². The number of anilines is 2. The fourth-order valence-electron chi connectivity index (χ4n) is 1.82. The highest BCUT2D eigenvalue weighted by Gasteiger charge is 2.02.